The molecule has 1 heterocycles. The van der Waals surface area contributed by atoms with Gasteiger partial charge in [0.25, 0.3) is 0 Å². The highest BCUT2D eigenvalue weighted by Gasteiger charge is 2.13. The van der Waals surface area contributed by atoms with E-state index in [2.05, 4.69) is 16.8 Å². The summed E-state index contributed by atoms with van der Waals surface area (Å²) in [6.07, 6.45) is 1.84. The smallest absolute Gasteiger partial charge is 0.191 e. The quantitative estimate of drug-likeness (QED) is 0.288. The average Bonchev–Trinajstić information content (AvgIpc) is 3.09. The number of aromatic nitrogens is 3. The van der Waals surface area contributed by atoms with Gasteiger partial charge in [-0.3, -0.25) is 4.57 Å². The largest absolute Gasteiger partial charge is 0.497 e. The summed E-state index contributed by atoms with van der Waals surface area (Å²) in [5.41, 5.74) is 0.981. The molecule has 1 aromatic heterocycles. The third kappa shape index (κ3) is 5.05. The zero-order valence-corrected chi connectivity index (χ0v) is 16.5. The first-order valence-corrected chi connectivity index (χ1v) is 9.77. The van der Waals surface area contributed by atoms with E-state index in [0.717, 1.165) is 33.8 Å². The molecule has 0 atom stereocenters. The van der Waals surface area contributed by atoms with Crippen molar-refractivity contribution in [3.05, 3.63) is 66.2 Å². The van der Waals surface area contributed by atoms with Gasteiger partial charge in [-0.1, -0.05) is 29.4 Å². The molecule has 0 amide bonds. The lowest BCUT2D eigenvalue weighted by Crippen LogP contribution is -2.04. The third-order valence-corrected chi connectivity index (χ3v) is 4.96. The summed E-state index contributed by atoms with van der Waals surface area (Å²) in [5.74, 6) is 3.16. The molecule has 3 aromatic rings. The molecule has 0 aliphatic carbocycles. The standard InChI is InChI=1S/C20H20ClN3O2S/c1-3-12-24-19(15-4-8-17(25-2)9-5-15)22-23-20(24)27-14-13-26-18-10-6-16(21)7-11-18/h3-11H,1,12-14H2,2H3. The second kappa shape index (κ2) is 9.48. The van der Waals surface area contributed by atoms with Crippen LogP contribution in [-0.4, -0.2) is 34.2 Å². The molecule has 27 heavy (non-hydrogen) atoms. The van der Waals surface area contributed by atoms with Crippen LogP contribution in [0.15, 0.2) is 66.3 Å². The summed E-state index contributed by atoms with van der Waals surface area (Å²) in [6.45, 7) is 5.04. The highest BCUT2D eigenvalue weighted by molar-refractivity contribution is 7.99. The lowest BCUT2D eigenvalue weighted by molar-refractivity contribution is 0.344. The van der Waals surface area contributed by atoms with Crippen LogP contribution in [0.25, 0.3) is 11.4 Å². The van der Waals surface area contributed by atoms with Gasteiger partial charge in [-0.25, -0.2) is 0 Å². The van der Waals surface area contributed by atoms with Crippen molar-refractivity contribution in [2.24, 2.45) is 0 Å². The van der Waals surface area contributed by atoms with Crippen molar-refractivity contribution in [1.82, 2.24) is 14.8 Å². The fourth-order valence-electron chi connectivity index (χ4n) is 2.47. The molecule has 0 unspecified atom stereocenters. The van der Waals surface area contributed by atoms with Crippen molar-refractivity contribution in [3.63, 3.8) is 0 Å². The molecule has 0 N–H and O–H groups in total. The SMILES string of the molecule is C=CCn1c(SCCOc2ccc(Cl)cc2)nnc1-c1ccc(OC)cc1. The molecule has 5 nitrogen and oxygen atoms in total. The fraction of sp³-hybridized carbons (Fsp3) is 0.200. The molecule has 0 saturated heterocycles. The first-order valence-electron chi connectivity index (χ1n) is 8.41. The molecule has 0 saturated carbocycles. The van der Waals surface area contributed by atoms with Gasteiger partial charge in [-0.15, -0.1) is 16.8 Å². The number of hydrogen-bond donors (Lipinski definition) is 0. The van der Waals surface area contributed by atoms with Crippen LogP contribution in [0.2, 0.25) is 5.02 Å². The summed E-state index contributed by atoms with van der Waals surface area (Å²) >= 11 is 7.48. The van der Waals surface area contributed by atoms with E-state index in [1.54, 1.807) is 18.9 Å². The number of halogens is 1. The van der Waals surface area contributed by atoms with Crippen LogP contribution in [0.3, 0.4) is 0 Å². The predicted octanol–water partition coefficient (Wildman–Crippen LogP) is 4.96. The van der Waals surface area contributed by atoms with Crippen LogP contribution in [0.4, 0.5) is 0 Å². The minimum Gasteiger partial charge on any atom is -0.497 e. The Labute approximate surface area is 168 Å². The number of benzene rings is 2. The monoisotopic (exact) mass is 401 g/mol. The van der Waals surface area contributed by atoms with Gasteiger partial charge < -0.3 is 9.47 Å². The lowest BCUT2D eigenvalue weighted by Gasteiger charge is -2.09. The molecule has 7 heteroatoms. The van der Waals surface area contributed by atoms with Gasteiger partial charge in [0.2, 0.25) is 0 Å². The number of allylic oxidation sites excluding steroid dienone is 1. The summed E-state index contributed by atoms with van der Waals surface area (Å²) in [6, 6.07) is 15.1. The number of methoxy groups -OCH3 is 1. The van der Waals surface area contributed by atoms with Crippen molar-refractivity contribution in [2.75, 3.05) is 19.5 Å². The molecular formula is C20H20ClN3O2S. The van der Waals surface area contributed by atoms with Gasteiger partial charge >= 0.3 is 0 Å². The van der Waals surface area contributed by atoms with Crippen molar-refractivity contribution >= 4 is 23.4 Å². The molecule has 140 valence electrons. The van der Waals surface area contributed by atoms with Gasteiger partial charge in [-0.05, 0) is 48.5 Å². The molecule has 0 radical (unpaired) electrons. The summed E-state index contributed by atoms with van der Waals surface area (Å²) in [7, 11) is 1.65. The van der Waals surface area contributed by atoms with Gasteiger partial charge in [0.05, 0.1) is 13.7 Å². The number of hydrogen-bond acceptors (Lipinski definition) is 5. The maximum Gasteiger partial charge on any atom is 0.191 e. The molecule has 0 spiro atoms. The molecule has 2 aromatic carbocycles. The topological polar surface area (TPSA) is 49.2 Å². The first-order chi connectivity index (χ1) is 13.2. The zero-order chi connectivity index (χ0) is 19.1. The maximum absolute atomic E-state index is 5.88. The second-order valence-corrected chi connectivity index (χ2v) is 7.08. The molecule has 0 fully saturated rings. The van der Waals surface area contributed by atoms with Crippen molar-refractivity contribution < 1.29 is 9.47 Å². The zero-order valence-electron chi connectivity index (χ0n) is 15.0. The van der Waals surface area contributed by atoms with Crippen LogP contribution in [0, 0.1) is 0 Å². The van der Waals surface area contributed by atoms with Gasteiger partial charge in [0.1, 0.15) is 11.5 Å². The Kier molecular flexibility index (Phi) is 6.79. The van der Waals surface area contributed by atoms with E-state index in [0.29, 0.717) is 18.2 Å². The average molecular weight is 402 g/mol. The van der Waals surface area contributed by atoms with Crippen LogP contribution in [-0.2, 0) is 6.54 Å². The number of nitrogens with zero attached hydrogens (tertiary/aromatic N) is 3. The third-order valence-electron chi connectivity index (χ3n) is 3.77. The van der Waals surface area contributed by atoms with Crippen molar-refractivity contribution in [3.8, 4) is 22.9 Å². The van der Waals surface area contributed by atoms with Crippen LogP contribution < -0.4 is 9.47 Å². The highest BCUT2D eigenvalue weighted by atomic mass is 35.5. The summed E-state index contributed by atoms with van der Waals surface area (Å²) in [4.78, 5) is 0. The first kappa shape index (κ1) is 19.3. The Bertz CT molecular complexity index is 879. The Balaban J connectivity index is 1.65. The lowest BCUT2D eigenvalue weighted by atomic mass is 10.2. The summed E-state index contributed by atoms with van der Waals surface area (Å²) in [5, 5.41) is 10.2. The maximum atomic E-state index is 5.88. The molecular weight excluding hydrogens is 382 g/mol. The van der Waals surface area contributed by atoms with E-state index in [1.165, 1.54) is 0 Å². The molecule has 0 aliphatic heterocycles. The highest BCUT2D eigenvalue weighted by Crippen LogP contribution is 2.26. The number of rotatable bonds is 9. The predicted molar refractivity (Wildman–Crippen MR) is 110 cm³/mol. The summed E-state index contributed by atoms with van der Waals surface area (Å²) < 4.78 is 13.0. The van der Waals surface area contributed by atoms with E-state index < -0.39 is 0 Å². The van der Waals surface area contributed by atoms with Crippen molar-refractivity contribution in [1.29, 1.82) is 0 Å². The molecule has 0 aliphatic rings. The van der Waals surface area contributed by atoms with E-state index in [9.17, 15) is 0 Å². The van der Waals surface area contributed by atoms with E-state index in [-0.39, 0.29) is 0 Å². The van der Waals surface area contributed by atoms with Crippen molar-refractivity contribution in [2.45, 2.75) is 11.7 Å². The minimum atomic E-state index is 0.561. The molecule has 3 rings (SSSR count). The van der Waals surface area contributed by atoms with Gasteiger partial charge in [0.15, 0.2) is 11.0 Å². The van der Waals surface area contributed by atoms with Gasteiger partial charge in [-0.2, -0.15) is 0 Å². The molecule has 0 bridgehead atoms. The minimum absolute atomic E-state index is 0.561. The van der Waals surface area contributed by atoms with Crippen LogP contribution in [0.5, 0.6) is 11.5 Å². The van der Waals surface area contributed by atoms with E-state index in [1.807, 2.05) is 59.2 Å². The number of ether oxygens (including phenoxy) is 2. The number of thioether (sulfide) groups is 1. The van der Waals surface area contributed by atoms with Crippen LogP contribution in [0.1, 0.15) is 0 Å². The fourth-order valence-corrected chi connectivity index (χ4v) is 3.36. The second-order valence-electron chi connectivity index (χ2n) is 5.58. The Hall–Kier alpha value is -2.44. The van der Waals surface area contributed by atoms with Crippen LogP contribution >= 0.6 is 23.4 Å². The Morgan fingerprint density at radius 2 is 1.78 bits per heavy atom. The van der Waals surface area contributed by atoms with Gasteiger partial charge in [0, 0.05) is 22.9 Å². The van der Waals surface area contributed by atoms with E-state index in [4.69, 9.17) is 21.1 Å². The Morgan fingerprint density at radius 1 is 1.07 bits per heavy atom. The normalized spacial score (nSPS) is 10.6. The van der Waals surface area contributed by atoms with E-state index >= 15 is 0 Å². The Morgan fingerprint density at radius 3 is 2.44 bits per heavy atom.